The number of benzene rings is 1. The summed E-state index contributed by atoms with van der Waals surface area (Å²) in [5, 5.41) is 11.6. The Kier molecular flexibility index (Phi) is 5.10. The second-order valence-electron chi connectivity index (χ2n) is 3.50. The van der Waals surface area contributed by atoms with E-state index in [1.165, 1.54) is 12.1 Å². The molecule has 0 saturated carbocycles. The van der Waals surface area contributed by atoms with Gasteiger partial charge in [-0.05, 0) is 18.2 Å². The van der Waals surface area contributed by atoms with Gasteiger partial charge in [0, 0.05) is 19.6 Å². The van der Waals surface area contributed by atoms with E-state index in [1.54, 1.807) is 12.1 Å². The fourth-order valence-electron chi connectivity index (χ4n) is 1.31. The summed E-state index contributed by atoms with van der Waals surface area (Å²) in [4.78, 5) is 0.186. The minimum absolute atomic E-state index is 0.00187. The van der Waals surface area contributed by atoms with Crippen molar-refractivity contribution in [3.8, 4) is 6.07 Å². The van der Waals surface area contributed by atoms with Crippen molar-refractivity contribution in [2.24, 2.45) is 5.73 Å². The van der Waals surface area contributed by atoms with Gasteiger partial charge in [0.2, 0.25) is 0 Å². The van der Waals surface area contributed by atoms with Gasteiger partial charge < -0.3 is 11.1 Å². The second-order valence-corrected chi connectivity index (χ2v) is 5.61. The van der Waals surface area contributed by atoms with Gasteiger partial charge in [0.25, 0.3) is 0 Å². The zero-order chi connectivity index (χ0) is 12.7. The summed E-state index contributed by atoms with van der Waals surface area (Å²) in [6.07, 6.45) is 0. The normalized spacial score (nSPS) is 11.1. The number of rotatable bonds is 6. The van der Waals surface area contributed by atoms with Crippen LogP contribution in [0.2, 0.25) is 0 Å². The molecule has 0 aromatic heterocycles. The Bertz CT molecular complexity index is 506. The van der Waals surface area contributed by atoms with Crippen LogP contribution in [0.3, 0.4) is 0 Å². The summed E-state index contributed by atoms with van der Waals surface area (Å²) in [5.74, 6) is 0.00187. The highest BCUT2D eigenvalue weighted by Crippen LogP contribution is 2.12. The molecule has 0 unspecified atom stereocenters. The van der Waals surface area contributed by atoms with Crippen LogP contribution in [0.5, 0.6) is 0 Å². The van der Waals surface area contributed by atoms with Crippen LogP contribution >= 0.6 is 0 Å². The maximum absolute atomic E-state index is 11.9. The lowest BCUT2D eigenvalue weighted by Crippen LogP contribution is -2.27. The molecule has 0 atom stereocenters. The van der Waals surface area contributed by atoms with E-state index in [9.17, 15) is 8.42 Å². The van der Waals surface area contributed by atoms with E-state index in [0.29, 0.717) is 25.2 Å². The summed E-state index contributed by atoms with van der Waals surface area (Å²) in [5.41, 5.74) is 5.63. The third-order valence-corrected chi connectivity index (χ3v) is 3.90. The summed E-state index contributed by atoms with van der Waals surface area (Å²) in [7, 11) is -3.33. The first-order valence-electron chi connectivity index (χ1n) is 5.24. The topological polar surface area (TPSA) is 96.0 Å². The monoisotopic (exact) mass is 253 g/mol. The van der Waals surface area contributed by atoms with Gasteiger partial charge in [-0.1, -0.05) is 6.07 Å². The molecule has 1 aromatic carbocycles. The van der Waals surface area contributed by atoms with Crippen LogP contribution < -0.4 is 11.1 Å². The molecule has 0 radical (unpaired) electrons. The van der Waals surface area contributed by atoms with Crippen molar-refractivity contribution in [3.63, 3.8) is 0 Å². The zero-order valence-electron chi connectivity index (χ0n) is 9.39. The Hall–Kier alpha value is -1.42. The van der Waals surface area contributed by atoms with Crippen LogP contribution in [0.25, 0.3) is 0 Å². The number of nitrogens with zero attached hydrogens (tertiary/aromatic N) is 1. The van der Waals surface area contributed by atoms with E-state index in [1.807, 2.05) is 6.07 Å². The number of hydrogen-bond donors (Lipinski definition) is 2. The molecule has 0 aliphatic carbocycles. The van der Waals surface area contributed by atoms with Gasteiger partial charge in [0.15, 0.2) is 9.84 Å². The average Bonchev–Trinajstić information content (AvgIpc) is 2.35. The Morgan fingerprint density at radius 1 is 1.35 bits per heavy atom. The first-order chi connectivity index (χ1) is 8.10. The first-order valence-corrected chi connectivity index (χ1v) is 6.89. The van der Waals surface area contributed by atoms with Gasteiger partial charge in [-0.3, -0.25) is 0 Å². The predicted octanol–water partition coefficient (Wildman–Crippen LogP) is -0.120. The highest BCUT2D eigenvalue weighted by atomic mass is 32.2. The molecule has 6 heteroatoms. The molecule has 0 fully saturated rings. The van der Waals surface area contributed by atoms with Gasteiger partial charge in [-0.25, -0.2) is 8.42 Å². The standard InChI is InChI=1S/C11H15N3O2S/c12-4-5-14-6-7-17(15,16)11-3-1-2-10(8-11)9-13/h1-3,8,14H,4-7,12H2. The Balaban J connectivity index is 2.73. The van der Waals surface area contributed by atoms with E-state index in [-0.39, 0.29) is 10.6 Å². The van der Waals surface area contributed by atoms with Crippen molar-refractivity contribution >= 4 is 9.84 Å². The van der Waals surface area contributed by atoms with Crippen molar-refractivity contribution in [1.29, 1.82) is 5.26 Å². The van der Waals surface area contributed by atoms with Crippen LogP contribution in [0, 0.1) is 11.3 Å². The molecule has 0 bridgehead atoms. The molecule has 3 N–H and O–H groups in total. The fraction of sp³-hybridized carbons (Fsp3) is 0.364. The highest BCUT2D eigenvalue weighted by molar-refractivity contribution is 7.91. The molecule has 0 saturated heterocycles. The number of nitrogens with two attached hydrogens (primary N) is 1. The summed E-state index contributed by atoms with van der Waals surface area (Å²) < 4.78 is 23.8. The molecule has 1 rings (SSSR count). The van der Waals surface area contributed by atoms with Gasteiger partial charge in [-0.2, -0.15) is 5.26 Å². The molecular weight excluding hydrogens is 238 g/mol. The Labute approximate surface area is 101 Å². The average molecular weight is 253 g/mol. The molecule has 0 aliphatic heterocycles. The molecule has 92 valence electrons. The Morgan fingerprint density at radius 3 is 2.76 bits per heavy atom. The van der Waals surface area contributed by atoms with Crippen LogP contribution in [0.4, 0.5) is 0 Å². The minimum atomic E-state index is -3.33. The number of nitrogens with one attached hydrogen (secondary N) is 1. The van der Waals surface area contributed by atoms with E-state index in [2.05, 4.69) is 5.32 Å². The summed E-state index contributed by atoms with van der Waals surface area (Å²) >= 11 is 0. The zero-order valence-corrected chi connectivity index (χ0v) is 10.2. The van der Waals surface area contributed by atoms with E-state index in [0.717, 1.165) is 0 Å². The van der Waals surface area contributed by atoms with Gasteiger partial charge in [0.05, 0.1) is 22.3 Å². The van der Waals surface area contributed by atoms with Crippen molar-refractivity contribution in [1.82, 2.24) is 5.32 Å². The van der Waals surface area contributed by atoms with E-state index >= 15 is 0 Å². The lowest BCUT2D eigenvalue weighted by molar-refractivity contribution is 0.591. The van der Waals surface area contributed by atoms with Crippen molar-refractivity contribution in [3.05, 3.63) is 29.8 Å². The molecule has 0 amide bonds. The second kappa shape index (κ2) is 6.35. The maximum atomic E-state index is 11.9. The quantitative estimate of drug-likeness (QED) is 0.689. The highest BCUT2D eigenvalue weighted by Gasteiger charge is 2.13. The smallest absolute Gasteiger partial charge is 0.179 e. The fourth-order valence-corrected chi connectivity index (χ4v) is 2.55. The predicted molar refractivity (Wildman–Crippen MR) is 65.1 cm³/mol. The first kappa shape index (κ1) is 13.6. The number of hydrogen-bond acceptors (Lipinski definition) is 5. The van der Waals surface area contributed by atoms with Crippen LogP contribution in [-0.2, 0) is 9.84 Å². The van der Waals surface area contributed by atoms with E-state index in [4.69, 9.17) is 11.0 Å². The molecule has 17 heavy (non-hydrogen) atoms. The molecule has 0 spiro atoms. The number of nitriles is 1. The van der Waals surface area contributed by atoms with Gasteiger partial charge in [-0.15, -0.1) is 0 Å². The molecule has 1 aromatic rings. The maximum Gasteiger partial charge on any atom is 0.179 e. The SMILES string of the molecule is N#Cc1cccc(S(=O)(=O)CCNCCN)c1. The third-order valence-electron chi connectivity index (χ3n) is 2.19. The Morgan fingerprint density at radius 2 is 2.12 bits per heavy atom. The van der Waals surface area contributed by atoms with Crippen molar-refractivity contribution in [2.75, 3.05) is 25.4 Å². The van der Waals surface area contributed by atoms with Crippen LogP contribution in [0.15, 0.2) is 29.2 Å². The largest absolute Gasteiger partial charge is 0.329 e. The molecule has 5 nitrogen and oxygen atoms in total. The number of sulfone groups is 1. The minimum Gasteiger partial charge on any atom is -0.329 e. The molecule has 0 heterocycles. The lowest BCUT2D eigenvalue weighted by Gasteiger charge is -2.05. The van der Waals surface area contributed by atoms with Gasteiger partial charge >= 0.3 is 0 Å². The third kappa shape index (κ3) is 4.15. The van der Waals surface area contributed by atoms with Crippen LogP contribution in [0.1, 0.15) is 5.56 Å². The van der Waals surface area contributed by atoms with Crippen molar-refractivity contribution < 1.29 is 8.42 Å². The lowest BCUT2D eigenvalue weighted by atomic mass is 10.2. The molecular formula is C11H15N3O2S. The molecule has 0 aliphatic rings. The van der Waals surface area contributed by atoms with Crippen LogP contribution in [-0.4, -0.2) is 33.8 Å². The van der Waals surface area contributed by atoms with Crippen molar-refractivity contribution in [2.45, 2.75) is 4.90 Å². The van der Waals surface area contributed by atoms with E-state index < -0.39 is 9.84 Å². The summed E-state index contributed by atoms with van der Waals surface area (Å²) in [6.45, 7) is 1.42. The summed E-state index contributed by atoms with van der Waals surface area (Å²) in [6, 6.07) is 7.95. The van der Waals surface area contributed by atoms with Gasteiger partial charge in [0.1, 0.15) is 0 Å².